The fraction of sp³-hybridized carbons (Fsp3) is 0.621. The van der Waals surface area contributed by atoms with Crippen molar-refractivity contribution in [3.05, 3.63) is 51.7 Å². The van der Waals surface area contributed by atoms with Crippen LogP contribution >= 0.6 is 0 Å². The number of hydrogen-bond acceptors (Lipinski definition) is 7. The van der Waals surface area contributed by atoms with Gasteiger partial charge < -0.3 is 19.3 Å². The molecule has 2 saturated heterocycles. The normalized spacial score (nSPS) is 25.8. The number of aryl methyl sites for hydroxylation is 2. The Bertz CT molecular complexity index is 1550. The van der Waals surface area contributed by atoms with E-state index in [1.165, 1.54) is 16.7 Å². The van der Waals surface area contributed by atoms with Crippen LogP contribution in [-0.2, 0) is 24.5 Å². The number of anilines is 1. The second-order valence-electron chi connectivity index (χ2n) is 12.1. The van der Waals surface area contributed by atoms with Gasteiger partial charge in [0.15, 0.2) is 5.82 Å². The van der Waals surface area contributed by atoms with Crippen molar-refractivity contribution in [3.63, 3.8) is 0 Å². The lowest BCUT2D eigenvalue weighted by Crippen LogP contribution is -2.56. The minimum Gasteiger partial charge on any atom is -0.390 e. The number of nitrogens with zero attached hydrogens (tertiary/aromatic N) is 6. The van der Waals surface area contributed by atoms with Crippen LogP contribution < -0.4 is 10.6 Å². The Kier molecular flexibility index (Phi) is 7.53. The molecule has 0 bridgehead atoms. The summed E-state index contributed by atoms with van der Waals surface area (Å²) in [5.74, 6) is -2.12. The quantitative estimate of drug-likeness (QED) is 0.424. The third kappa shape index (κ3) is 5.53. The molecule has 9 nitrogen and oxygen atoms in total. The number of benzene rings is 1. The smallest absolute Gasteiger partial charge is 0.390 e. The van der Waals surface area contributed by atoms with Crippen LogP contribution in [0.2, 0.25) is 0 Å². The van der Waals surface area contributed by atoms with Crippen LogP contribution in [0.4, 0.5) is 27.8 Å². The van der Waals surface area contributed by atoms with E-state index in [9.17, 15) is 31.9 Å². The average Bonchev–Trinajstić information content (AvgIpc) is 3.48. The van der Waals surface area contributed by atoms with Gasteiger partial charge >= 0.3 is 11.9 Å². The Hall–Kier alpha value is -3.10. The number of halogens is 5. The van der Waals surface area contributed by atoms with Gasteiger partial charge in [-0.3, -0.25) is 9.47 Å². The summed E-state index contributed by atoms with van der Waals surface area (Å²) in [6, 6.07) is 4.13. The molecular weight excluding hydrogens is 575 g/mol. The molecule has 1 aliphatic carbocycles. The first-order chi connectivity index (χ1) is 20.2. The second-order valence-corrected chi connectivity index (χ2v) is 12.1. The summed E-state index contributed by atoms with van der Waals surface area (Å²) in [6.07, 6.45) is -5.63. The molecule has 1 aromatic carbocycles. The molecule has 0 spiro atoms. The fourth-order valence-corrected chi connectivity index (χ4v) is 6.90. The van der Waals surface area contributed by atoms with Gasteiger partial charge in [0, 0.05) is 58.2 Å². The van der Waals surface area contributed by atoms with Gasteiger partial charge in [-0.1, -0.05) is 12.1 Å². The summed E-state index contributed by atoms with van der Waals surface area (Å²) in [7, 11) is 1.62. The number of fused-ring (bicyclic) bond motifs is 1. The van der Waals surface area contributed by atoms with Crippen molar-refractivity contribution in [3.8, 4) is 0 Å². The molecule has 0 amide bonds. The lowest BCUT2D eigenvalue weighted by Gasteiger charge is -2.49. The summed E-state index contributed by atoms with van der Waals surface area (Å²) in [5.41, 5.74) is 0.422. The van der Waals surface area contributed by atoms with E-state index in [-0.39, 0.29) is 18.9 Å². The number of aromatic nitrogens is 4. The third-order valence-electron chi connectivity index (χ3n) is 9.16. The van der Waals surface area contributed by atoms with Crippen LogP contribution in [0.25, 0.3) is 11.2 Å². The van der Waals surface area contributed by atoms with Crippen molar-refractivity contribution >= 4 is 17.0 Å². The second kappa shape index (κ2) is 10.8. The average molecular weight is 611 g/mol. The maximum absolute atomic E-state index is 14.0. The predicted molar refractivity (Wildman–Crippen MR) is 148 cm³/mol. The van der Waals surface area contributed by atoms with E-state index in [0.717, 1.165) is 12.1 Å². The maximum atomic E-state index is 14.0. The summed E-state index contributed by atoms with van der Waals surface area (Å²) in [5, 5.41) is 10.3. The molecule has 1 N–H and O–H groups in total. The van der Waals surface area contributed by atoms with Gasteiger partial charge in [0.2, 0.25) is 5.92 Å². The highest BCUT2D eigenvalue weighted by Gasteiger charge is 2.51. The number of ether oxygens (including phenoxy) is 1. The molecule has 3 aromatic rings. The Morgan fingerprint density at radius 1 is 1.14 bits per heavy atom. The Balaban J connectivity index is 1.29. The number of alkyl halides is 5. The summed E-state index contributed by atoms with van der Waals surface area (Å²) >= 11 is 0. The van der Waals surface area contributed by atoms with Crippen molar-refractivity contribution in [2.45, 2.75) is 76.0 Å². The van der Waals surface area contributed by atoms with Gasteiger partial charge in [0.1, 0.15) is 23.1 Å². The van der Waals surface area contributed by atoms with Gasteiger partial charge in [-0.25, -0.2) is 18.6 Å². The van der Waals surface area contributed by atoms with Gasteiger partial charge in [0.05, 0.1) is 18.2 Å². The first-order valence-corrected chi connectivity index (χ1v) is 14.5. The molecule has 6 rings (SSSR count). The SMILES string of the molecule is Cc1nc2c(N3CCN(C(c4ccc(C(F)(F)F)cc4)C4CC(F)(F)C4)CC3C)nc(=O)n(C)c2n1CC1OCCC1O. The van der Waals surface area contributed by atoms with E-state index in [4.69, 9.17) is 9.72 Å². The molecule has 3 aliphatic rings. The van der Waals surface area contributed by atoms with E-state index in [1.54, 1.807) is 7.05 Å². The number of aliphatic hydroxyl groups is 1. The van der Waals surface area contributed by atoms with Gasteiger partial charge in [0.25, 0.3) is 0 Å². The Labute approximate surface area is 244 Å². The highest BCUT2D eigenvalue weighted by molar-refractivity contribution is 5.84. The zero-order chi connectivity index (χ0) is 30.8. The van der Waals surface area contributed by atoms with Gasteiger partial charge in [-0.2, -0.15) is 18.2 Å². The molecule has 2 aromatic heterocycles. The van der Waals surface area contributed by atoms with Crippen LogP contribution in [0, 0.1) is 12.8 Å². The first-order valence-electron chi connectivity index (χ1n) is 14.5. The number of rotatable bonds is 6. The van der Waals surface area contributed by atoms with Crippen LogP contribution in [0.3, 0.4) is 0 Å². The van der Waals surface area contributed by atoms with Crippen molar-refractivity contribution in [2.75, 3.05) is 31.1 Å². The van der Waals surface area contributed by atoms with Crippen molar-refractivity contribution in [1.82, 2.24) is 24.0 Å². The van der Waals surface area contributed by atoms with E-state index < -0.39 is 47.5 Å². The summed E-state index contributed by atoms with van der Waals surface area (Å²) in [6.45, 7) is 5.81. The number of hydrogen-bond donors (Lipinski definition) is 1. The molecule has 1 saturated carbocycles. The van der Waals surface area contributed by atoms with E-state index >= 15 is 0 Å². The highest BCUT2D eigenvalue weighted by atomic mass is 19.4. The van der Waals surface area contributed by atoms with E-state index in [1.807, 2.05) is 23.3 Å². The molecule has 0 radical (unpaired) electrons. The molecule has 3 fully saturated rings. The maximum Gasteiger partial charge on any atom is 0.416 e. The van der Waals surface area contributed by atoms with Gasteiger partial charge in [-0.05, 0) is 43.9 Å². The molecule has 2 aliphatic heterocycles. The fourth-order valence-electron chi connectivity index (χ4n) is 6.90. The first kappa shape index (κ1) is 29.9. The van der Waals surface area contributed by atoms with E-state index in [2.05, 4.69) is 9.88 Å². The number of aliphatic hydroxyl groups excluding tert-OH is 1. The minimum atomic E-state index is -4.49. The molecule has 234 valence electrons. The monoisotopic (exact) mass is 610 g/mol. The zero-order valence-corrected chi connectivity index (χ0v) is 24.2. The van der Waals surface area contributed by atoms with Crippen molar-refractivity contribution in [1.29, 1.82) is 0 Å². The molecule has 4 unspecified atom stereocenters. The van der Waals surface area contributed by atoms with Gasteiger partial charge in [-0.15, -0.1) is 0 Å². The Morgan fingerprint density at radius 3 is 2.42 bits per heavy atom. The van der Waals surface area contributed by atoms with Crippen LogP contribution in [0.1, 0.15) is 49.2 Å². The Morgan fingerprint density at radius 2 is 1.84 bits per heavy atom. The largest absolute Gasteiger partial charge is 0.416 e. The zero-order valence-electron chi connectivity index (χ0n) is 24.2. The lowest BCUT2D eigenvalue weighted by atomic mass is 9.73. The summed E-state index contributed by atoms with van der Waals surface area (Å²) in [4.78, 5) is 26.2. The van der Waals surface area contributed by atoms with Crippen LogP contribution in [0.5, 0.6) is 0 Å². The predicted octanol–water partition coefficient (Wildman–Crippen LogP) is 3.90. The minimum absolute atomic E-state index is 0.209. The molecule has 43 heavy (non-hydrogen) atoms. The number of piperazine rings is 1. The summed E-state index contributed by atoms with van der Waals surface area (Å²) < 4.78 is 76.5. The molecule has 14 heteroatoms. The van der Waals surface area contributed by atoms with Crippen molar-refractivity contribution in [2.24, 2.45) is 13.0 Å². The molecular formula is C29H35F5N6O3. The topological polar surface area (TPSA) is 88.7 Å². The van der Waals surface area contributed by atoms with Crippen LogP contribution in [0.15, 0.2) is 29.1 Å². The van der Waals surface area contributed by atoms with E-state index in [0.29, 0.717) is 67.6 Å². The molecule has 4 heterocycles. The third-order valence-corrected chi connectivity index (χ3v) is 9.16. The van der Waals surface area contributed by atoms with Crippen molar-refractivity contribution < 1.29 is 31.8 Å². The standard InChI is InChI=1S/C29H35F5N6O3/c1-16-14-38(24(19-12-28(30,31)13-19)18-4-6-20(7-5-18)29(32,33)34)9-10-39(16)25-23-26(37(3)27(42)36-25)40(17(2)35-23)15-22-21(41)8-11-43-22/h4-7,16,19,21-22,24,41H,8-15H2,1-3H3. The number of imidazole rings is 1. The lowest BCUT2D eigenvalue weighted by molar-refractivity contribution is -0.137. The molecule has 4 atom stereocenters. The highest BCUT2D eigenvalue weighted by Crippen LogP contribution is 2.51. The van der Waals surface area contributed by atoms with Crippen LogP contribution in [-0.4, -0.2) is 79.5 Å².